The Morgan fingerprint density at radius 2 is 1.52 bits per heavy atom. The highest BCUT2D eigenvalue weighted by Gasteiger charge is 2.24. The van der Waals surface area contributed by atoms with Crippen LogP contribution in [0.1, 0.15) is 29.6 Å². The maximum atomic E-state index is 12.4. The molecule has 1 N–H and O–H groups in total. The summed E-state index contributed by atoms with van der Waals surface area (Å²) in [6.07, 6.45) is 3.54. The number of nitro groups is 2. The molecule has 1 heterocycles. The molecule has 1 saturated heterocycles. The molecule has 0 bridgehead atoms. The van der Waals surface area contributed by atoms with Crippen LogP contribution in [0.4, 0.5) is 22.7 Å². The number of hydrogen-bond donors (Lipinski definition) is 1. The Morgan fingerprint density at radius 3 is 2.11 bits per heavy atom. The predicted octanol–water partition coefficient (Wildman–Crippen LogP) is 3.75. The number of piperidine rings is 1. The van der Waals surface area contributed by atoms with Gasteiger partial charge in [-0.25, -0.2) is 0 Å². The van der Waals surface area contributed by atoms with E-state index in [1.54, 1.807) is 12.1 Å². The summed E-state index contributed by atoms with van der Waals surface area (Å²) in [5.74, 6) is -0.441. The van der Waals surface area contributed by atoms with Gasteiger partial charge in [0.2, 0.25) is 0 Å². The lowest BCUT2D eigenvalue weighted by Gasteiger charge is -2.28. The van der Waals surface area contributed by atoms with Crippen LogP contribution in [0.5, 0.6) is 0 Å². The standard InChI is InChI=1S/C18H18N4O5/c23-18(13-4-7-15(8-5-13)20-10-2-1-3-11-20)19-14-6-9-16(21(24)25)17(12-14)22(26)27/h4-9,12H,1-3,10-11H2,(H,19,23). The van der Waals surface area contributed by atoms with Crippen LogP contribution in [0.15, 0.2) is 42.5 Å². The van der Waals surface area contributed by atoms with Crippen LogP contribution in [0.3, 0.4) is 0 Å². The molecule has 27 heavy (non-hydrogen) atoms. The van der Waals surface area contributed by atoms with Gasteiger partial charge in [0.1, 0.15) is 0 Å². The Morgan fingerprint density at radius 1 is 0.889 bits per heavy atom. The second-order valence-corrected chi connectivity index (χ2v) is 6.27. The lowest BCUT2D eigenvalue weighted by atomic mass is 10.1. The number of nitro benzene ring substituents is 2. The Bertz CT molecular complexity index is 876. The van der Waals surface area contributed by atoms with Gasteiger partial charge in [-0.3, -0.25) is 25.0 Å². The molecule has 0 spiro atoms. The molecule has 3 rings (SSSR count). The van der Waals surface area contributed by atoms with E-state index in [4.69, 9.17) is 0 Å². The maximum absolute atomic E-state index is 12.4. The van der Waals surface area contributed by atoms with E-state index < -0.39 is 27.1 Å². The van der Waals surface area contributed by atoms with Gasteiger partial charge in [-0.05, 0) is 49.6 Å². The summed E-state index contributed by atoms with van der Waals surface area (Å²) in [6.45, 7) is 2.00. The van der Waals surface area contributed by atoms with Gasteiger partial charge in [-0.2, -0.15) is 0 Å². The largest absolute Gasteiger partial charge is 0.372 e. The molecule has 1 aliphatic heterocycles. The minimum absolute atomic E-state index is 0.123. The van der Waals surface area contributed by atoms with Crippen LogP contribution >= 0.6 is 0 Å². The summed E-state index contributed by atoms with van der Waals surface area (Å²) in [6, 6.07) is 10.4. The number of nitrogens with zero attached hydrogens (tertiary/aromatic N) is 3. The van der Waals surface area contributed by atoms with Crippen molar-refractivity contribution in [2.75, 3.05) is 23.3 Å². The number of nitrogens with one attached hydrogen (secondary N) is 1. The van der Waals surface area contributed by atoms with E-state index in [0.29, 0.717) is 5.56 Å². The quantitative estimate of drug-likeness (QED) is 0.632. The van der Waals surface area contributed by atoms with E-state index in [1.165, 1.54) is 12.5 Å². The van der Waals surface area contributed by atoms with E-state index in [0.717, 1.165) is 43.8 Å². The van der Waals surface area contributed by atoms with Gasteiger partial charge in [0.15, 0.2) is 0 Å². The molecule has 0 aromatic heterocycles. The molecule has 0 radical (unpaired) electrons. The second kappa shape index (κ2) is 7.81. The van der Waals surface area contributed by atoms with Crippen molar-refractivity contribution in [1.29, 1.82) is 0 Å². The highest BCUT2D eigenvalue weighted by molar-refractivity contribution is 6.04. The van der Waals surface area contributed by atoms with Crippen molar-refractivity contribution < 1.29 is 14.6 Å². The number of hydrogen-bond acceptors (Lipinski definition) is 6. The Kier molecular flexibility index (Phi) is 5.30. The summed E-state index contributed by atoms with van der Waals surface area (Å²) in [5.41, 5.74) is 0.286. The topological polar surface area (TPSA) is 119 Å². The van der Waals surface area contributed by atoms with E-state index in [9.17, 15) is 25.0 Å². The average Bonchev–Trinajstić information content (AvgIpc) is 2.68. The zero-order chi connectivity index (χ0) is 19.4. The van der Waals surface area contributed by atoms with E-state index >= 15 is 0 Å². The summed E-state index contributed by atoms with van der Waals surface area (Å²) in [4.78, 5) is 34.8. The first-order chi connectivity index (χ1) is 13.0. The Balaban J connectivity index is 1.74. The third-order valence-corrected chi connectivity index (χ3v) is 4.48. The summed E-state index contributed by atoms with van der Waals surface area (Å²) in [7, 11) is 0. The zero-order valence-electron chi connectivity index (χ0n) is 14.5. The monoisotopic (exact) mass is 370 g/mol. The van der Waals surface area contributed by atoms with Crippen molar-refractivity contribution in [3.8, 4) is 0 Å². The molecule has 0 saturated carbocycles. The van der Waals surface area contributed by atoms with E-state index in [-0.39, 0.29) is 5.69 Å². The lowest BCUT2D eigenvalue weighted by Crippen LogP contribution is -2.29. The summed E-state index contributed by atoms with van der Waals surface area (Å²) >= 11 is 0. The van der Waals surface area contributed by atoms with Crippen molar-refractivity contribution in [3.05, 3.63) is 68.3 Å². The number of anilines is 2. The van der Waals surface area contributed by atoms with Gasteiger partial charge in [0, 0.05) is 42.2 Å². The maximum Gasteiger partial charge on any atom is 0.348 e. The molecule has 9 heteroatoms. The molecule has 0 unspecified atom stereocenters. The van der Waals surface area contributed by atoms with Gasteiger partial charge >= 0.3 is 11.4 Å². The molecule has 0 aliphatic carbocycles. The molecule has 1 amide bonds. The lowest BCUT2D eigenvalue weighted by molar-refractivity contribution is -0.422. The smallest absolute Gasteiger partial charge is 0.348 e. The molecule has 1 fully saturated rings. The zero-order valence-corrected chi connectivity index (χ0v) is 14.5. The summed E-state index contributed by atoms with van der Waals surface area (Å²) in [5, 5.41) is 24.4. The number of carbonyl (C=O) groups is 1. The number of amides is 1. The molecule has 140 valence electrons. The van der Waals surface area contributed by atoms with Gasteiger partial charge < -0.3 is 10.2 Å². The van der Waals surface area contributed by atoms with Crippen LogP contribution in [-0.4, -0.2) is 28.8 Å². The van der Waals surface area contributed by atoms with Crippen molar-refractivity contribution in [3.63, 3.8) is 0 Å². The predicted molar refractivity (Wildman–Crippen MR) is 100 cm³/mol. The van der Waals surface area contributed by atoms with Crippen molar-refractivity contribution in [2.45, 2.75) is 19.3 Å². The first-order valence-corrected chi connectivity index (χ1v) is 8.55. The fourth-order valence-electron chi connectivity index (χ4n) is 3.08. The second-order valence-electron chi connectivity index (χ2n) is 6.27. The average molecular weight is 370 g/mol. The molecule has 0 atom stereocenters. The fraction of sp³-hybridized carbons (Fsp3) is 0.278. The highest BCUT2D eigenvalue weighted by Crippen LogP contribution is 2.30. The van der Waals surface area contributed by atoms with Gasteiger partial charge in [0.05, 0.1) is 9.85 Å². The third kappa shape index (κ3) is 4.20. The van der Waals surface area contributed by atoms with Crippen LogP contribution in [-0.2, 0) is 0 Å². The first-order valence-electron chi connectivity index (χ1n) is 8.55. The van der Waals surface area contributed by atoms with Crippen LogP contribution in [0, 0.1) is 20.2 Å². The fourth-order valence-corrected chi connectivity index (χ4v) is 3.08. The van der Waals surface area contributed by atoms with E-state index in [2.05, 4.69) is 10.2 Å². The van der Waals surface area contributed by atoms with Crippen molar-refractivity contribution in [2.24, 2.45) is 0 Å². The molecule has 9 nitrogen and oxygen atoms in total. The van der Waals surface area contributed by atoms with Gasteiger partial charge in [-0.15, -0.1) is 0 Å². The first kappa shape index (κ1) is 18.3. The van der Waals surface area contributed by atoms with Crippen LogP contribution in [0.2, 0.25) is 0 Å². The van der Waals surface area contributed by atoms with Crippen LogP contribution < -0.4 is 10.2 Å². The Labute approximate surface area is 154 Å². The normalized spacial score (nSPS) is 13.9. The molecular formula is C18H18N4O5. The molecule has 2 aromatic rings. The minimum atomic E-state index is -0.846. The number of rotatable bonds is 5. The van der Waals surface area contributed by atoms with Crippen molar-refractivity contribution >= 4 is 28.7 Å². The number of benzene rings is 2. The van der Waals surface area contributed by atoms with Gasteiger partial charge in [0.25, 0.3) is 5.91 Å². The SMILES string of the molecule is O=C(Nc1ccc([N+](=O)[O-])c([N+](=O)[O-])c1)c1ccc(N2CCCCC2)cc1. The minimum Gasteiger partial charge on any atom is -0.372 e. The summed E-state index contributed by atoms with van der Waals surface area (Å²) < 4.78 is 0. The molecule has 1 aliphatic rings. The van der Waals surface area contributed by atoms with Gasteiger partial charge in [-0.1, -0.05) is 0 Å². The van der Waals surface area contributed by atoms with E-state index in [1.807, 2.05) is 12.1 Å². The molecule has 2 aromatic carbocycles. The van der Waals surface area contributed by atoms with Crippen LogP contribution in [0.25, 0.3) is 0 Å². The number of carbonyl (C=O) groups excluding carboxylic acids is 1. The third-order valence-electron chi connectivity index (χ3n) is 4.48. The molecular weight excluding hydrogens is 352 g/mol. The Hall–Kier alpha value is -3.49. The highest BCUT2D eigenvalue weighted by atomic mass is 16.6. The van der Waals surface area contributed by atoms with Crippen molar-refractivity contribution in [1.82, 2.24) is 0 Å².